The Balaban J connectivity index is 1.50. The van der Waals surface area contributed by atoms with Crippen LogP contribution in [0.4, 0.5) is 0 Å². The monoisotopic (exact) mass is 348 g/mol. The fourth-order valence-corrected chi connectivity index (χ4v) is 4.54. The zero-order chi connectivity index (χ0) is 18.1. The SMILES string of the molecule is Cc1noc(C(C)C)c1C(=O)OCC(=O)NC(C)C1CC2CCC1C2. The average Bonchev–Trinajstić information content (AvgIpc) is 3.27. The summed E-state index contributed by atoms with van der Waals surface area (Å²) in [5.74, 6) is 1.88. The molecule has 0 spiro atoms. The molecule has 2 fully saturated rings. The topological polar surface area (TPSA) is 81.4 Å². The fourth-order valence-electron chi connectivity index (χ4n) is 4.54. The van der Waals surface area contributed by atoms with Gasteiger partial charge < -0.3 is 14.6 Å². The van der Waals surface area contributed by atoms with Crippen LogP contribution in [0, 0.1) is 24.7 Å². The van der Waals surface area contributed by atoms with Gasteiger partial charge in [-0.15, -0.1) is 0 Å². The maximum Gasteiger partial charge on any atom is 0.344 e. The Morgan fingerprint density at radius 3 is 2.64 bits per heavy atom. The molecule has 2 saturated carbocycles. The van der Waals surface area contributed by atoms with Crippen molar-refractivity contribution >= 4 is 11.9 Å². The summed E-state index contributed by atoms with van der Waals surface area (Å²) in [5.41, 5.74) is 0.827. The second-order valence-corrected chi connectivity index (χ2v) is 7.93. The summed E-state index contributed by atoms with van der Waals surface area (Å²) in [6.07, 6.45) is 5.15. The van der Waals surface area contributed by atoms with E-state index in [0.29, 0.717) is 22.9 Å². The summed E-state index contributed by atoms with van der Waals surface area (Å²) in [5, 5.41) is 6.84. The largest absolute Gasteiger partial charge is 0.452 e. The molecule has 2 aliphatic rings. The first-order chi connectivity index (χ1) is 11.9. The van der Waals surface area contributed by atoms with Crippen LogP contribution in [-0.4, -0.2) is 29.7 Å². The Hall–Kier alpha value is -1.85. The van der Waals surface area contributed by atoms with Gasteiger partial charge >= 0.3 is 5.97 Å². The van der Waals surface area contributed by atoms with Gasteiger partial charge in [-0.25, -0.2) is 4.79 Å². The van der Waals surface area contributed by atoms with Crippen LogP contribution >= 0.6 is 0 Å². The number of hydrogen-bond acceptors (Lipinski definition) is 5. The number of carbonyl (C=O) groups is 2. The van der Waals surface area contributed by atoms with E-state index < -0.39 is 5.97 Å². The maximum atomic E-state index is 12.3. The Morgan fingerprint density at radius 1 is 1.28 bits per heavy atom. The number of amides is 1. The number of esters is 1. The van der Waals surface area contributed by atoms with Gasteiger partial charge in [-0.3, -0.25) is 4.79 Å². The number of hydrogen-bond donors (Lipinski definition) is 1. The minimum absolute atomic E-state index is 0.0235. The van der Waals surface area contributed by atoms with E-state index in [9.17, 15) is 9.59 Å². The van der Waals surface area contributed by atoms with Gasteiger partial charge in [0.2, 0.25) is 0 Å². The molecule has 1 amide bonds. The Kier molecular flexibility index (Phi) is 5.16. The van der Waals surface area contributed by atoms with Crippen LogP contribution in [0.15, 0.2) is 4.52 Å². The standard InChI is InChI=1S/C19H28N2O4/c1-10(2)18-17(12(4)21-25-18)19(23)24-9-16(22)20-11(3)15-8-13-5-6-14(15)7-13/h10-11,13-15H,5-9H2,1-4H3,(H,20,22). The molecule has 2 bridgehead atoms. The molecule has 0 saturated heterocycles. The molecule has 6 nitrogen and oxygen atoms in total. The highest BCUT2D eigenvalue weighted by molar-refractivity contribution is 5.93. The minimum atomic E-state index is -0.551. The van der Waals surface area contributed by atoms with Gasteiger partial charge in [0.05, 0.1) is 5.69 Å². The van der Waals surface area contributed by atoms with Gasteiger partial charge in [-0.05, 0) is 50.9 Å². The van der Waals surface area contributed by atoms with Crippen molar-refractivity contribution in [1.82, 2.24) is 10.5 Å². The van der Waals surface area contributed by atoms with Crippen LogP contribution in [0.25, 0.3) is 0 Å². The summed E-state index contributed by atoms with van der Waals surface area (Å²) in [4.78, 5) is 24.5. The van der Waals surface area contributed by atoms with Crippen LogP contribution in [0.1, 0.15) is 74.2 Å². The van der Waals surface area contributed by atoms with Crippen LogP contribution in [0.5, 0.6) is 0 Å². The van der Waals surface area contributed by atoms with Gasteiger partial charge in [0.1, 0.15) is 5.56 Å². The third kappa shape index (κ3) is 3.72. The van der Waals surface area contributed by atoms with Crippen molar-refractivity contribution in [3.63, 3.8) is 0 Å². The molecule has 1 heterocycles. The molecule has 0 aromatic carbocycles. The van der Waals surface area contributed by atoms with Crippen LogP contribution < -0.4 is 5.32 Å². The first-order valence-corrected chi connectivity index (χ1v) is 9.29. The lowest BCUT2D eigenvalue weighted by molar-refractivity contribution is -0.125. The van der Waals surface area contributed by atoms with Crippen molar-refractivity contribution in [3.8, 4) is 0 Å². The van der Waals surface area contributed by atoms with Crippen molar-refractivity contribution in [2.24, 2.45) is 17.8 Å². The number of aryl methyl sites for hydroxylation is 1. The highest BCUT2D eigenvalue weighted by atomic mass is 16.5. The molecule has 138 valence electrons. The quantitative estimate of drug-likeness (QED) is 0.798. The van der Waals surface area contributed by atoms with Gasteiger partial charge in [-0.2, -0.15) is 0 Å². The number of fused-ring (bicyclic) bond motifs is 2. The Labute approximate surface area is 148 Å². The molecule has 1 N–H and O–H groups in total. The molecule has 3 rings (SSSR count). The molecule has 2 aliphatic carbocycles. The smallest absolute Gasteiger partial charge is 0.344 e. The summed E-state index contributed by atoms with van der Waals surface area (Å²) < 4.78 is 10.4. The van der Waals surface area contributed by atoms with Gasteiger partial charge in [0.15, 0.2) is 12.4 Å². The van der Waals surface area contributed by atoms with Crippen molar-refractivity contribution in [2.45, 2.75) is 65.3 Å². The molecule has 25 heavy (non-hydrogen) atoms. The van der Waals surface area contributed by atoms with Gasteiger partial charge in [-0.1, -0.05) is 25.4 Å². The number of rotatable bonds is 6. The lowest BCUT2D eigenvalue weighted by Crippen LogP contribution is -2.42. The predicted octanol–water partition coefficient (Wildman–Crippen LogP) is 3.20. The van der Waals surface area contributed by atoms with Gasteiger partial charge in [0.25, 0.3) is 5.91 Å². The molecule has 0 radical (unpaired) electrons. The average molecular weight is 348 g/mol. The van der Waals surface area contributed by atoms with Crippen LogP contribution in [0.3, 0.4) is 0 Å². The molecular weight excluding hydrogens is 320 g/mol. The van der Waals surface area contributed by atoms with Crippen molar-refractivity contribution < 1.29 is 18.8 Å². The second kappa shape index (κ2) is 7.18. The number of aromatic nitrogens is 1. The molecule has 0 aliphatic heterocycles. The van der Waals surface area contributed by atoms with E-state index in [1.165, 1.54) is 25.7 Å². The van der Waals surface area contributed by atoms with Gasteiger partial charge in [0, 0.05) is 12.0 Å². The zero-order valence-electron chi connectivity index (χ0n) is 15.5. The Bertz CT molecular complexity index is 652. The third-order valence-corrected chi connectivity index (χ3v) is 5.78. The fraction of sp³-hybridized carbons (Fsp3) is 0.737. The molecule has 1 aromatic heterocycles. The summed E-state index contributed by atoms with van der Waals surface area (Å²) >= 11 is 0. The highest BCUT2D eigenvalue weighted by Crippen LogP contribution is 2.49. The molecule has 6 heteroatoms. The Morgan fingerprint density at radius 2 is 2.04 bits per heavy atom. The van der Waals surface area contributed by atoms with E-state index in [1.54, 1.807) is 6.92 Å². The summed E-state index contributed by atoms with van der Waals surface area (Å²) in [6, 6.07) is 0.130. The number of carbonyl (C=O) groups excluding carboxylic acids is 2. The van der Waals surface area contributed by atoms with E-state index in [1.807, 2.05) is 13.8 Å². The first-order valence-electron chi connectivity index (χ1n) is 9.29. The van der Waals surface area contributed by atoms with E-state index in [4.69, 9.17) is 9.26 Å². The third-order valence-electron chi connectivity index (χ3n) is 5.78. The second-order valence-electron chi connectivity index (χ2n) is 7.93. The lowest BCUT2D eigenvalue weighted by atomic mass is 9.84. The number of ether oxygens (including phenoxy) is 1. The lowest BCUT2D eigenvalue weighted by Gasteiger charge is -2.28. The van der Waals surface area contributed by atoms with E-state index in [-0.39, 0.29) is 24.5 Å². The van der Waals surface area contributed by atoms with Crippen molar-refractivity contribution in [3.05, 3.63) is 17.0 Å². The molecule has 4 unspecified atom stereocenters. The molecule has 1 aromatic rings. The summed E-state index contributed by atoms with van der Waals surface area (Å²) in [6.45, 7) is 7.32. The maximum absolute atomic E-state index is 12.3. The predicted molar refractivity (Wildman–Crippen MR) is 92.2 cm³/mol. The van der Waals surface area contributed by atoms with Crippen molar-refractivity contribution in [2.75, 3.05) is 6.61 Å². The molecule has 4 atom stereocenters. The molecular formula is C19H28N2O4. The van der Waals surface area contributed by atoms with Crippen molar-refractivity contribution in [1.29, 1.82) is 0 Å². The number of nitrogens with one attached hydrogen (secondary N) is 1. The summed E-state index contributed by atoms with van der Waals surface area (Å²) in [7, 11) is 0. The van der Waals surface area contributed by atoms with E-state index in [0.717, 1.165) is 11.8 Å². The van der Waals surface area contributed by atoms with E-state index in [2.05, 4.69) is 17.4 Å². The highest BCUT2D eigenvalue weighted by Gasteiger charge is 2.42. The van der Waals surface area contributed by atoms with Crippen LogP contribution in [-0.2, 0) is 9.53 Å². The normalized spacial score (nSPS) is 26.0. The minimum Gasteiger partial charge on any atom is -0.452 e. The van der Waals surface area contributed by atoms with E-state index >= 15 is 0 Å². The zero-order valence-corrected chi connectivity index (χ0v) is 15.5. The first kappa shape index (κ1) is 18.0. The van der Waals surface area contributed by atoms with Crippen LogP contribution in [0.2, 0.25) is 0 Å². The number of nitrogens with zero attached hydrogens (tertiary/aromatic N) is 1.